The van der Waals surface area contributed by atoms with Gasteiger partial charge in [-0.2, -0.15) is 0 Å². The highest BCUT2D eigenvalue weighted by Crippen LogP contribution is 2.17. The van der Waals surface area contributed by atoms with Gasteiger partial charge in [0.1, 0.15) is 18.8 Å². The highest BCUT2D eigenvalue weighted by Gasteiger charge is 2.28. The first-order chi connectivity index (χ1) is 12.9. The van der Waals surface area contributed by atoms with E-state index in [1.54, 1.807) is 23.1 Å². The molecule has 2 rings (SSSR count). The zero-order valence-corrected chi connectivity index (χ0v) is 16.4. The summed E-state index contributed by atoms with van der Waals surface area (Å²) >= 11 is 0. The Morgan fingerprint density at radius 1 is 1.26 bits per heavy atom. The second-order valence-corrected chi connectivity index (χ2v) is 6.73. The molecule has 8 heteroatoms. The SMILES string of the molecule is CC#CC(=O)N1CCN(C(=O)COC)CC(Cc2cc(N(C)C)ncn2)C1. The van der Waals surface area contributed by atoms with Gasteiger partial charge in [-0.05, 0) is 25.2 Å². The van der Waals surface area contributed by atoms with E-state index in [-0.39, 0.29) is 24.3 Å². The molecular formula is C19H27N5O3. The molecule has 8 nitrogen and oxygen atoms in total. The van der Waals surface area contributed by atoms with Crippen molar-refractivity contribution in [3.8, 4) is 11.8 Å². The minimum Gasteiger partial charge on any atom is -0.375 e. The minimum atomic E-state index is -0.208. The summed E-state index contributed by atoms with van der Waals surface area (Å²) in [6.45, 7) is 3.70. The summed E-state index contributed by atoms with van der Waals surface area (Å²) < 4.78 is 4.99. The molecule has 1 fully saturated rings. The van der Waals surface area contributed by atoms with E-state index in [1.165, 1.54) is 7.11 Å². The molecule has 1 aromatic heterocycles. The lowest BCUT2D eigenvalue weighted by molar-refractivity contribution is -0.135. The van der Waals surface area contributed by atoms with Crippen molar-refractivity contribution >= 4 is 17.6 Å². The monoisotopic (exact) mass is 373 g/mol. The van der Waals surface area contributed by atoms with Crippen LogP contribution in [0.1, 0.15) is 12.6 Å². The normalized spacial score (nSPS) is 17.0. The lowest BCUT2D eigenvalue weighted by Crippen LogP contribution is -2.38. The van der Waals surface area contributed by atoms with E-state index in [1.807, 2.05) is 25.1 Å². The summed E-state index contributed by atoms with van der Waals surface area (Å²) in [6.07, 6.45) is 2.18. The highest BCUT2D eigenvalue weighted by molar-refractivity contribution is 5.93. The molecule has 1 aromatic rings. The van der Waals surface area contributed by atoms with Crippen molar-refractivity contribution in [2.45, 2.75) is 13.3 Å². The number of hydrogen-bond acceptors (Lipinski definition) is 6. The Kier molecular flexibility index (Phi) is 7.55. The fourth-order valence-corrected chi connectivity index (χ4v) is 3.08. The van der Waals surface area contributed by atoms with Crippen LogP contribution < -0.4 is 4.90 Å². The number of aromatic nitrogens is 2. The van der Waals surface area contributed by atoms with Crippen LogP contribution in [0, 0.1) is 17.8 Å². The Hall–Kier alpha value is -2.66. The van der Waals surface area contributed by atoms with Crippen LogP contribution in [0.15, 0.2) is 12.4 Å². The lowest BCUT2D eigenvalue weighted by Gasteiger charge is -2.24. The predicted octanol–water partition coefficient (Wildman–Crippen LogP) is 0.0418. The number of carbonyl (C=O) groups is 2. The van der Waals surface area contributed by atoms with Crippen LogP contribution in [0.4, 0.5) is 5.82 Å². The van der Waals surface area contributed by atoms with Crippen LogP contribution >= 0.6 is 0 Å². The molecule has 0 aliphatic carbocycles. The van der Waals surface area contributed by atoms with E-state index >= 15 is 0 Å². The van der Waals surface area contributed by atoms with E-state index < -0.39 is 0 Å². The van der Waals surface area contributed by atoms with Crippen LogP contribution in [0.2, 0.25) is 0 Å². The molecule has 2 amide bonds. The van der Waals surface area contributed by atoms with Gasteiger partial charge in [0.25, 0.3) is 5.91 Å². The Bertz CT molecular complexity index is 726. The second-order valence-electron chi connectivity index (χ2n) is 6.73. The molecular weight excluding hydrogens is 346 g/mol. The van der Waals surface area contributed by atoms with Gasteiger partial charge < -0.3 is 19.4 Å². The first kappa shape index (κ1) is 20.6. The second kappa shape index (κ2) is 9.88. The van der Waals surface area contributed by atoms with Crippen molar-refractivity contribution in [2.75, 3.05) is 58.9 Å². The van der Waals surface area contributed by atoms with Gasteiger partial charge in [0, 0.05) is 59.1 Å². The molecule has 0 spiro atoms. The van der Waals surface area contributed by atoms with Gasteiger partial charge in [0.2, 0.25) is 5.91 Å². The van der Waals surface area contributed by atoms with Crippen molar-refractivity contribution in [3.05, 3.63) is 18.1 Å². The third-order valence-electron chi connectivity index (χ3n) is 4.40. The molecule has 1 aliphatic heterocycles. The van der Waals surface area contributed by atoms with Gasteiger partial charge in [-0.1, -0.05) is 5.92 Å². The number of anilines is 1. The average molecular weight is 373 g/mol. The van der Waals surface area contributed by atoms with Crippen molar-refractivity contribution in [2.24, 2.45) is 5.92 Å². The van der Waals surface area contributed by atoms with E-state index in [2.05, 4.69) is 21.8 Å². The van der Waals surface area contributed by atoms with Crippen LogP contribution in [0.3, 0.4) is 0 Å². The fraction of sp³-hybridized carbons (Fsp3) is 0.579. The molecule has 0 bridgehead atoms. The number of carbonyl (C=O) groups excluding carboxylic acids is 2. The van der Waals surface area contributed by atoms with E-state index in [9.17, 15) is 9.59 Å². The Labute approximate surface area is 160 Å². The fourth-order valence-electron chi connectivity index (χ4n) is 3.08. The molecule has 0 radical (unpaired) electrons. The third-order valence-corrected chi connectivity index (χ3v) is 4.40. The van der Waals surface area contributed by atoms with E-state index in [0.29, 0.717) is 32.6 Å². The highest BCUT2D eigenvalue weighted by atomic mass is 16.5. The van der Waals surface area contributed by atoms with E-state index in [0.717, 1.165) is 11.5 Å². The molecule has 1 atom stereocenters. The number of ether oxygens (including phenoxy) is 1. The number of amides is 2. The quantitative estimate of drug-likeness (QED) is 0.679. The number of hydrogen-bond donors (Lipinski definition) is 0. The lowest BCUT2D eigenvalue weighted by atomic mass is 10.0. The predicted molar refractivity (Wildman–Crippen MR) is 102 cm³/mol. The van der Waals surface area contributed by atoms with Gasteiger partial charge in [-0.25, -0.2) is 9.97 Å². The van der Waals surface area contributed by atoms with Crippen LogP contribution in [0.5, 0.6) is 0 Å². The van der Waals surface area contributed by atoms with Crippen molar-refractivity contribution in [3.63, 3.8) is 0 Å². The summed E-state index contributed by atoms with van der Waals surface area (Å²) in [7, 11) is 5.35. The molecule has 2 heterocycles. The summed E-state index contributed by atoms with van der Waals surface area (Å²) in [5, 5.41) is 0. The van der Waals surface area contributed by atoms with Gasteiger partial charge in [0.05, 0.1) is 0 Å². The summed E-state index contributed by atoms with van der Waals surface area (Å²) in [5.74, 6) is 5.85. The van der Waals surface area contributed by atoms with Crippen molar-refractivity contribution in [1.29, 1.82) is 0 Å². The van der Waals surface area contributed by atoms with Crippen LogP contribution in [0.25, 0.3) is 0 Å². The number of nitrogens with zero attached hydrogens (tertiary/aromatic N) is 5. The molecule has 1 aliphatic rings. The average Bonchev–Trinajstić information content (AvgIpc) is 2.85. The maximum absolute atomic E-state index is 12.3. The van der Waals surface area contributed by atoms with Crippen molar-refractivity contribution in [1.82, 2.24) is 19.8 Å². The first-order valence-corrected chi connectivity index (χ1v) is 8.91. The number of methoxy groups -OCH3 is 1. The van der Waals surface area contributed by atoms with Gasteiger partial charge in [-0.3, -0.25) is 9.59 Å². The standard InChI is InChI=1S/C19H27N5O3/c1-5-6-18(25)23-7-8-24(19(26)13-27-4)12-15(11-23)9-16-10-17(22(2)3)21-14-20-16/h10,14-15H,7-9,11-13H2,1-4H3. The molecule has 1 saturated heterocycles. The van der Waals surface area contributed by atoms with Crippen molar-refractivity contribution < 1.29 is 14.3 Å². The Morgan fingerprint density at radius 2 is 1.96 bits per heavy atom. The molecule has 0 saturated carbocycles. The zero-order valence-electron chi connectivity index (χ0n) is 16.4. The Balaban J connectivity index is 2.20. The summed E-state index contributed by atoms with van der Waals surface area (Å²) in [6, 6.07) is 1.93. The van der Waals surface area contributed by atoms with Gasteiger partial charge in [0.15, 0.2) is 0 Å². The largest absolute Gasteiger partial charge is 0.375 e. The summed E-state index contributed by atoms with van der Waals surface area (Å²) in [5.41, 5.74) is 0.883. The molecule has 1 unspecified atom stereocenters. The maximum Gasteiger partial charge on any atom is 0.298 e. The molecule has 0 N–H and O–H groups in total. The number of rotatable bonds is 5. The van der Waals surface area contributed by atoms with Crippen LogP contribution in [-0.4, -0.2) is 85.6 Å². The van der Waals surface area contributed by atoms with Crippen LogP contribution in [-0.2, 0) is 20.7 Å². The smallest absolute Gasteiger partial charge is 0.298 e. The Morgan fingerprint density at radius 3 is 2.63 bits per heavy atom. The third kappa shape index (κ3) is 5.93. The maximum atomic E-state index is 12.3. The first-order valence-electron chi connectivity index (χ1n) is 8.91. The molecule has 27 heavy (non-hydrogen) atoms. The summed E-state index contributed by atoms with van der Waals surface area (Å²) in [4.78, 5) is 38.6. The minimum absolute atomic E-state index is 0.0354. The van der Waals surface area contributed by atoms with Gasteiger partial charge in [-0.15, -0.1) is 0 Å². The van der Waals surface area contributed by atoms with E-state index in [4.69, 9.17) is 4.74 Å². The van der Waals surface area contributed by atoms with Gasteiger partial charge >= 0.3 is 0 Å². The molecule has 0 aromatic carbocycles. The molecule has 146 valence electrons. The topological polar surface area (TPSA) is 78.9 Å². The zero-order chi connectivity index (χ0) is 19.8.